The van der Waals surface area contributed by atoms with Gasteiger partial charge >= 0.3 is 5.97 Å². The van der Waals surface area contributed by atoms with Crippen LogP contribution in [-0.4, -0.2) is 30.1 Å². The van der Waals surface area contributed by atoms with Crippen LogP contribution in [0.4, 0.5) is 0 Å². The summed E-state index contributed by atoms with van der Waals surface area (Å²) in [4.78, 5) is 29.2. The van der Waals surface area contributed by atoms with Crippen molar-refractivity contribution in [2.24, 2.45) is 0 Å². The van der Waals surface area contributed by atoms with Gasteiger partial charge in [0.25, 0.3) is 5.91 Å². The molecule has 0 spiro atoms. The third kappa shape index (κ3) is 4.17. The number of benzene rings is 2. The lowest BCUT2D eigenvalue weighted by Crippen LogP contribution is -2.35. The fourth-order valence-corrected chi connectivity index (χ4v) is 3.57. The number of carbonyl (C=O) groups excluding carboxylic acids is 2. The molecule has 0 radical (unpaired) electrons. The van der Waals surface area contributed by atoms with Crippen molar-refractivity contribution in [3.63, 3.8) is 0 Å². The van der Waals surface area contributed by atoms with Gasteiger partial charge < -0.3 is 14.8 Å². The number of para-hydroxylation sites is 1. The maximum absolute atomic E-state index is 12.5. The van der Waals surface area contributed by atoms with Crippen LogP contribution in [0.1, 0.15) is 34.1 Å². The number of halogens is 1. The minimum Gasteiger partial charge on any atom is -0.493 e. The number of amides is 1. The molecule has 29 heavy (non-hydrogen) atoms. The molecule has 2 aromatic carbocycles. The molecular formula is C22H19ClN2O4. The highest BCUT2D eigenvalue weighted by Gasteiger charge is 2.23. The zero-order valence-corrected chi connectivity index (χ0v) is 16.5. The first-order chi connectivity index (χ1) is 14.0. The van der Waals surface area contributed by atoms with Crippen molar-refractivity contribution in [1.82, 2.24) is 10.3 Å². The van der Waals surface area contributed by atoms with Crippen molar-refractivity contribution < 1.29 is 19.1 Å². The van der Waals surface area contributed by atoms with Gasteiger partial charge in [-0.2, -0.15) is 0 Å². The lowest BCUT2D eigenvalue weighted by atomic mass is 10.0. The number of hydrogen-bond donors (Lipinski definition) is 1. The summed E-state index contributed by atoms with van der Waals surface area (Å²) >= 11 is 6.02. The number of hydrogen-bond acceptors (Lipinski definition) is 5. The number of esters is 1. The molecule has 0 bridgehead atoms. The molecule has 6 nitrogen and oxygen atoms in total. The number of ether oxygens (including phenoxy) is 2. The number of nitrogens with one attached hydrogen (secondary N) is 1. The lowest BCUT2D eigenvalue weighted by Gasteiger charge is -2.26. The number of aryl methyl sites for hydroxylation is 1. The summed E-state index contributed by atoms with van der Waals surface area (Å²) in [6.45, 7) is 1.88. The average molecular weight is 411 g/mol. The fraction of sp³-hybridized carbons (Fsp3) is 0.227. The topological polar surface area (TPSA) is 77.5 Å². The van der Waals surface area contributed by atoms with E-state index < -0.39 is 5.97 Å². The first kappa shape index (κ1) is 19.2. The normalized spacial score (nSPS) is 15.3. The summed E-state index contributed by atoms with van der Waals surface area (Å²) in [6.07, 6.45) is 0.658. The predicted octanol–water partition coefficient (Wildman–Crippen LogP) is 3.99. The second-order valence-electron chi connectivity index (χ2n) is 6.83. The molecule has 1 aliphatic rings. The Bertz CT molecular complexity index is 1100. The Hall–Kier alpha value is -3.12. The predicted molar refractivity (Wildman–Crippen MR) is 109 cm³/mol. The van der Waals surface area contributed by atoms with E-state index in [1.54, 1.807) is 31.2 Å². The summed E-state index contributed by atoms with van der Waals surface area (Å²) in [5.74, 6) is -0.202. The molecule has 1 atom stereocenters. The minimum atomic E-state index is -0.598. The first-order valence-electron chi connectivity index (χ1n) is 9.26. The molecule has 4 rings (SSSR count). The molecule has 148 valence electrons. The zero-order chi connectivity index (χ0) is 20.4. The monoisotopic (exact) mass is 410 g/mol. The van der Waals surface area contributed by atoms with E-state index in [1.807, 2.05) is 24.3 Å². The minimum absolute atomic E-state index is 0.169. The summed E-state index contributed by atoms with van der Waals surface area (Å²) in [5, 5.41) is 4.19. The maximum atomic E-state index is 12.5. The standard InChI is InChI=1S/C22H19ClN2O4/c1-13-17(11-14-10-15(23)6-7-18(14)24-13)22(27)29-12-21(26)25-19-8-9-28-20-5-3-2-4-16(19)20/h2-7,10-11,19H,8-9,12H2,1H3,(H,25,26). The van der Waals surface area contributed by atoms with E-state index in [4.69, 9.17) is 21.1 Å². The highest BCUT2D eigenvalue weighted by atomic mass is 35.5. The molecule has 1 unspecified atom stereocenters. The van der Waals surface area contributed by atoms with Gasteiger partial charge in [-0.05, 0) is 37.3 Å². The summed E-state index contributed by atoms with van der Waals surface area (Å²) < 4.78 is 10.8. The fourth-order valence-electron chi connectivity index (χ4n) is 3.39. The highest BCUT2D eigenvalue weighted by molar-refractivity contribution is 6.31. The van der Waals surface area contributed by atoms with Crippen molar-refractivity contribution in [3.8, 4) is 5.75 Å². The molecule has 0 aliphatic carbocycles. The van der Waals surface area contributed by atoms with E-state index >= 15 is 0 Å². The average Bonchev–Trinajstić information content (AvgIpc) is 2.72. The van der Waals surface area contributed by atoms with Crippen molar-refractivity contribution in [2.45, 2.75) is 19.4 Å². The number of rotatable bonds is 4. The number of fused-ring (bicyclic) bond motifs is 2. The molecule has 7 heteroatoms. The van der Waals surface area contributed by atoms with Crippen LogP contribution in [0.5, 0.6) is 5.75 Å². The largest absolute Gasteiger partial charge is 0.493 e. The van der Waals surface area contributed by atoms with Crippen molar-refractivity contribution >= 4 is 34.4 Å². The maximum Gasteiger partial charge on any atom is 0.340 e. The van der Waals surface area contributed by atoms with Gasteiger partial charge in [0.15, 0.2) is 6.61 Å². The van der Waals surface area contributed by atoms with Crippen molar-refractivity contribution in [3.05, 3.63) is 70.4 Å². The van der Waals surface area contributed by atoms with Gasteiger partial charge in [0, 0.05) is 22.4 Å². The molecule has 1 aromatic heterocycles. The van der Waals surface area contributed by atoms with Gasteiger partial charge in [0.1, 0.15) is 5.75 Å². The van der Waals surface area contributed by atoms with Crippen LogP contribution in [-0.2, 0) is 9.53 Å². The lowest BCUT2D eigenvalue weighted by molar-refractivity contribution is -0.125. The van der Waals surface area contributed by atoms with E-state index in [-0.39, 0.29) is 18.6 Å². The number of aromatic nitrogens is 1. The molecule has 1 aliphatic heterocycles. The highest BCUT2D eigenvalue weighted by Crippen LogP contribution is 2.31. The molecule has 3 aromatic rings. The third-order valence-electron chi connectivity index (χ3n) is 4.82. The van der Waals surface area contributed by atoms with Crippen LogP contribution < -0.4 is 10.1 Å². The Balaban J connectivity index is 1.42. The van der Waals surface area contributed by atoms with Gasteiger partial charge in [-0.3, -0.25) is 9.78 Å². The molecule has 2 heterocycles. The van der Waals surface area contributed by atoms with E-state index in [9.17, 15) is 9.59 Å². The van der Waals surface area contributed by atoms with Gasteiger partial charge in [-0.15, -0.1) is 0 Å². The molecular weight excluding hydrogens is 392 g/mol. The van der Waals surface area contributed by atoms with E-state index in [1.165, 1.54) is 0 Å². The summed E-state index contributed by atoms with van der Waals surface area (Å²) in [7, 11) is 0. The second-order valence-corrected chi connectivity index (χ2v) is 7.27. The molecule has 0 saturated heterocycles. The quantitative estimate of drug-likeness (QED) is 0.658. The van der Waals surface area contributed by atoms with Gasteiger partial charge in [0.2, 0.25) is 0 Å². The smallest absolute Gasteiger partial charge is 0.340 e. The van der Waals surface area contributed by atoms with Crippen LogP contribution in [0.3, 0.4) is 0 Å². The van der Waals surface area contributed by atoms with Gasteiger partial charge in [-0.25, -0.2) is 4.79 Å². The van der Waals surface area contributed by atoms with Crippen LogP contribution in [0.15, 0.2) is 48.5 Å². The van der Waals surface area contributed by atoms with Gasteiger partial charge in [-0.1, -0.05) is 29.8 Å². The number of nitrogens with zero attached hydrogens (tertiary/aromatic N) is 1. The Labute approximate surface area is 172 Å². The Morgan fingerprint density at radius 1 is 1.24 bits per heavy atom. The van der Waals surface area contributed by atoms with Gasteiger partial charge in [0.05, 0.1) is 29.4 Å². The molecule has 0 saturated carbocycles. The second kappa shape index (κ2) is 8.09. The SMILES string of the molecule is Cc1nc2ccc(Cl)cc2cc1C(=O)OCC(=O)NC1CCOc2ccccc21. The van der Waals surface area contributed by atoms with E-state index in [0.717, 1.165) is 22.2 Å². The third-order valence-corrected chi connectivity index (χ3v) is 5.05. The molecule has 0 fully saturated rings. The van der Waals surface area contributed by atoms with Crippen molar-refractivity contribution in [1.29, 1.82) is 0 Å². The summed E-state index contributed by atoms with van der Waals surface area (Å²) in [5.41, 5.74) is 2.50. The molecule has 1 amide bonds. The van der Waals surface area contributed by atoms with Crippen LogP contribution >= 0.6 is 11.6 Å². The van der Waals surface area contributed by atoms with E-state index in [0.29, 0.717) is 29.3 Å². The van der Waals surface area contributed by atoms with Crippen molar-refractivity contribution in [2.75, 3.05) is 13.2 Å². The summed E-state index contributed by atoms with van der Waals surface area (Å²) in [6, 6.07) is 14.3. The first-order valence-corrected chi connectivity index (χ1v) is 9.64. The van der Waals surface area contributed by atoms with E-state index in [2.05, 4.69) is 10.3 Å². The van der Waals surface area contributed by atoms with Crippen LogP contribution in [0.2, 0.25) is 5.02 Å². The molecule has 1 N–H and O–H groups in total. The zero-order valence-electron chi connectivity index (χ0n) is 15.8. The number of pyridine rings is 1. The Kier molecular flexibility index (Phi) is 5.36. The van der Waals surface area contributed by atoms with Crippen LogP contribution in [0, 0.1) is 6.92 Å². The Morgan fingerprint density at radius 3 is 2.93 bits per heavy atom. The number of carbonyl (C=O) groups is 2. The Morgan fingerprint density at radius 2 is 2.07 bits per heavy atom. The van der Waals surface area contributed by atoms with Crippen LogP contribution in [0.25, 0.3) is 10.9 Å².